The van der Waals surface area contributed by atoms with Gasteiger partial charge in [-0.3, -0.25) is 4.79 Å². The Morgan fingerprint density at radius 3 is 2.43 bits per heavy atom. The first-order valence-corrected chi connectivity index (χ1v) is 9.25. The second kappa shape index (κ2) is 8.10. The lowest BCUT2D eigenvalue weighted by atomic mass is 10.2. The van der Waals surface area contributed by atoms with Gasteiger partial charge in [0.2, 0.25) is 0 Å². The average molecular weight is 398 g/mol. The zero-order valence-electron chi connectivity index (χ0n) is 15.2. The fourth-order valence-corrected chi connectivity index (χ4v) is 3.75. The van der Waals surface area contributed by atoms with Gasteiger partial charge in [-0.05, 0) is 36.6 Å². The molecule has 0 fully saturated rings. The number of esters is 1. The summed E-state index contributed by atoms with van der Waals surface area (Å²) < 4.78 is 6.06. The summed E-state index contributed by atoms with van der Waals surface area (Å²) in [7, 11) is 0. The third kappa shape index (κ3) is 4.12. The number of primary amides is 1. The maximum Gasteiger partial charge on any atom is 0.367 e. The van der Waals surface area contributed by atoms with Crippen LogP contribution in [-0.4, -0.2) is 23.0 Å². The molecule has 1 unspecified atom stereocenters. The molecule has 2 amide bonds. The Morgan fingerprint density at radius 1 is 1.07 bits per heavy atom. The number of benzene rings is 2. The van der Waals surface area contributed by atoms with Crippen LogP contribution in [0.3, 0.4) is 0 Å². The van der Waals surface area contributed by atoms with Crippen molar-refractivity contribution in [1.29, 1.82) is 0 Å². The lowest BCUT2D eigenvalue weighted by molar-refractivity contribution is -0.131. The van der Waals surface area contributed by atoms with Gasteiger partial charge in [-0.15, -0.1) is 16.4 Å². The maximum absolute atomic E-state index is 12.6. The smallest absolute Gasteiger partial charge is 0.367 e. The minimum Gasteiger partial charge on any atom is -0.426 e. The number of amides is 2. The van der Waals surface area contributed by atoms with Crippen LogP contribution in [0.25, 0.3) is 10.1 Å². The third-order valence-electron chi connectivity index (χ3n) is 3.97. The van der Waals surface area contributed by atoms with Gasteiger partial charge in [-0.2, -0.15) is 0 Å². The maximum atomic E-state index is 12.6. The molecule has 1 heterocycles. The number of rotatable bonds is 4. The molecular formula is C20H18N2O5S. The van der Waals surface area contributed by atoms with Gasteiger partial charge >= 0.3 is 18.0 Å². The molecule has 1 atom stereocenters. The molecule has 0 aliphatic rings. The molecule has 0 radical (unpaired) electrons. The average Bonchev–Trinajstić information content (AvgIpc) is 3.09. The summed E-state index contributed by atoms with van der Waals surface area (Å²) in [6.07, 6.45) is 0. The number of carbonyl (C=O) groups is 3. The Bertz CT molecular complexity index is 1010. The molecule has 0 saturated heterocycles. The second-order valence-electron chi connectivity index (χ2n) is 6.00. The number of thiophene rings is 1. The Balaban J connectivity index is 1.86. The number of urea groups is 1. The summed E-state index contributed by atoms with van der Waals surface area (Å²) in [5.41, 5.74) is 5.45. The molecular weight excluding hydrogens is 380 g/mol. The van der Waals surface area contributed by atoms with Gasteiger partial charge in [0, 0.05) is 16.5 Å². The zero-order valence-corrected chi connectivity index (χ0v) is 16.1. The topological polar surface area (TPSA) is 98.9 Å². The number of ether oxygens (including phenoxy) is 1. The van der Waals surface area contributed by atoms with Crippen LogP contribution in [0.2, 0.25) is 0 Å². The standard InChI is InChI=1S/C20H18N2O5S/c1-12(18-11-14-7-3-6-10-17(14)28-18)22(20(21)25)27-19(24)15-8-4-5-9-16(15)26-13(2)23/h3-12H,1-2H3,(H2,21,25). The highest BCUT2D eigenvalue weighted by Crippen LogP contribution is 2.33. The number of nitrogens with two attached hydrogens (primary N) is 1. The largest absolute Gasteiger partial charge is 0.426 e. The summed E-state index contributed by atoms with van der Waals surface area (Å²) in [5, 5.41) is 1.84. The summed E-state index contributed by atoms with van der Waals surface area (Å²) in [4.78, 5) is 41.9. The van der Waals surface area contributed by atoms with Crippen molar-refractivity contribution in [1.82, 2.24) is 5.06 Å². The summed E-state index contributed by atoms with van der Waals surface area (Å²) in [6.45, 7) is 2.93. The molecule has 3 aromatic rings. The molecule has 8 heteroatoms. The van der Waals surface area contributed by atoms with Gasteiger partial charge in [0.1, 0.15) is 17.4 Å². The fraction of sp³-hybridized carbons (Fsp3) is 0.150. The highest BCUT2D eigenvalue weighted by Gasteiger charge is 2.27. The van der Waals surface area contributed by atoms with E-state index in [-0.39, 0.29) is 11.3 Å². The first-order valence-electron chi connectivity index (χ1n) is 8.43. The Kier molecular flexibility index (Phi) is 5.60. The van der Waals surface area contributed by atoms with Crippen LogP contribution in [0.5, 0.6) is 5.75 Å². The SMILES string of the molecule is CC(=O)Oc1ccccc1C(=O)ON(C(N)=O)C(C)c1cc2ccccc2s1. The van der Waals surface area contributed by atoms with Crippen molar-refractivity contribution in [2.45, 2.75) is 19.9 Å². The van der Waals surface area contributed by atoms with Crippen LogP contribution in [0.15, 0.2) is 54.6 Å². The van der Waals surface area contributed by atoms with Gasteiger partial charge in [-0.1, -0.05) is 30.3 Å². The lowest BCUT2D eigenvalue weighted by Crippen LogP contribution is -2.39. The molecule has 28 heavy (non-hydrogen) atoms. The Labute approximate surface area is 165 Å². The van der Waals surface area contributed by atoms with Crippen LogP contribution in [0.1, 0.15) is 35.1 Å². The van der Waals surface area contributed by atoms with Crippen LogP contribution in [-0.2, 0) is 9.63 Å². The van der Waals surface area contributed by atoms with E-state index >= 15 is 0 Å². The highest BCUT2D eigenvalue weighted by atomic mass is 32.1. The van der Waals surface area contributed by atoms with E-state index in [0.717, 1.165) is 20.0 Å². The monoisotopic (exact) mass is 398 g/mol. The van der Waals surface area contributed by atoms with Crippen LogP contribution < -0.4 is 10.5 Å². The van der Waals surface area contributed by atoms with Gasteiger partial charge in [0.15, 0.2) is 0 Å². The quantitative estimate of drug-likeness (QED) is 0.406. The van der Waals surface area contributed by atoms with Crippen LogP contribution in [0.4, 0.5) is 4.79 Å². The van der Waals surface area contributed by atoms with Crippen molar-refractivity contribution >= 4 is 39.4 Å². The molecule has 0 aliphatic heterocycles. The van der Waals surface area contributed by atoms with E-state index in [9.17, 15) is 14.4 Å². The number of hydrogen-bond donors (Lipinski definition) is 1. The summed E-state index contributed by atoms with van der Waals surface area (Å²) in [6, 6.07) is 14.3. The van der Waals surface area contributed by atoms with Crippen molar-refractivity contribution in [2.24, 2.45) is 5.73 Å². The molecule has 2 N–H and O–H groups in total. The number of para-hydroxylation sites is 1. The van der Waals surface area contributed by atoms with Crippen LogP contribution >= 0.6 is 11.3 Å². The molecule has 2 aromatic carbocycles. The van der Waals surface area contributed by atoms with Crippen molar-refractivity contribution < 1.29 is 24.0 Å². The van der Waals surface area contributed by atoms with E-state index < -0.39 is 24.0 Å². The van der Waals surface area contributed by atoms with Gasteiger partial charge in [-0.25, -0.2) is 9.59 Å². The molecule has 3 rings (SSSR count). The lowest BCUT2D eigenvalue weighted by Gasteiger charge is -2.25. The van der Waals surface area contributed by atoms with E-state index in [4.69, 9.17) is 15.3 Å². The summed E-state index contributed by atoms with van der Waals surface area (Å²) in [5.74, 6) is -1.40. The van der Waals surface area contributed by atoms with Gasteiger partial charge in [0.25, 0.3) is 0 Å². The molecule has 7 nitrogen and oxygen atoms in total. The van der Waals surface area contributed by atoms with Crippen molar-refractivity contribution in [3.63, 3.8) is 0 Å². The van der Waals surface area contributed by atoms with E-state index in [1.807, 2.05) is 30.3 Å². The normalized spacial score (nSPS) is 11.6. The number of carbonyl (C=O) groups excluding carboxylic acids is 3. The fourth-order valence-electron chi connectivity index (χ4n) is 2.66. The van der Waals surface area contributed by atoms with Crippen LogP contribution in [0, 0.1) is 0 Å². The predicted molar refractivity (Wildman–Crippen MR) is 105 cm³/mol. The van der Waals surface area contributed by atoms with E-state index in [1.54, 1.807) is 19.1 Å². The number of hydroxylamine groups is 2. The zero-order chi connectivity index (χ0) is 20.3. The Morgan fingerprint density at radius 2 is 1.75 bits per heavy atom. The number of nitrogens with zero attached hydrogens (tertiary/aromatic N) is 1. The predicted octanol–water partition coefficient (Wildman–Crippen LogP) is 4.04. The second-order valence-corrected chi connectivity index (χ2v) is 7.11. The van der Waals surface area contributed by atoms with E-state index in [1.165, 1.54) is 30.4 Å². The third-order valence-corrected chi connectivity index (χ3v) is 5.25. The minimum absolute atomic E-state index is 0.00694. The summed E-state index contributed by atoms with van der Waals surface area (Å²) >= 11 is 1.48. The molecule has 144 valence electrons. The first-order chi connectivity index (χ1) is 13.4. The Hall–Kier alpha value is -3.39. The van der Waals surface area contributed by atoms with Crippen molar-refractivity contribution in [3.8, 4) is 5.75 Å². The van der Waals surface area contributed by atoms with E-state index in [2.05, 4.69) is 0 Å². The molecule has 0 bridgehead atoms. The van der Waals surface area contributed by atoms with Gasteiger partial charge in [0.05, 0.1) is 0 Å². The number of hydrogen-bond acceptors (Lipinski definition) is 6. The highest BCUT2D eigenvalue weighted by molar-refractivity contribution is 7.19. The van der Waals surface area contributed by atoms with E-state index in [0.29, 0.717) is 0 Å². The van der Waals surface area contributed by atoms with Gasteiger partial charge < -0.3 is 15.3 Å². The first kappa shape index (κ1) is 19.4. The molecule has 0 aliphatic carbocycles. The van der Waals surface area contributed by atoms with Crippen molar-refractivity contribution in [3.05, 3.63) is 65.0 Å². The minimum atomic E-state index is -0.914. The molecule has 1 aromatic heterocycles. The molecule has 0 saturated carbocycles. The van der Waals surface area contributed by atoms with Crippen molar-refractivity contribution in [2.75, 3.05) is 0 Å². The number of fused-ring (bicyclic) bond motifs is 1. The molecule has 0 spiro atoms.